The minimum atomic E-state index is 0. The number of halogens is 2. The van der Waals surface area contributed by atoms with E-state index < -0.39 is 0 Å². The Labute approximate surface area is 242 Å². The van der Waals surface area contributed by atoms with E-state index >= 15 is 0 Å². The van der Waals surface area contributed by atoms with Crippen LogP contribution < -0.4 is 0 Å². The zero-order valence-electron chi connectivity index (χ0n) is 20.4. The average Bonchev–Trinajstić information content (AvgIpc) is 3.58. The second kappa shape index (κ2) is 15.6. The molecule has 0 saturated heterocycles. The average molecular weight is 589 g/mol. The Morgan fingerprint density at radius 3 is 1.53 bits per heavy atom. The molecule has 0 heterocycles. The molecule has 0 bridgehead atoms. The summed E-state index contributed by atoms with van der Waals surface area (Å²) in [4.78, 5) is 0. The van der Waals surface area contributed by atoms with Crippen LogP contribution in [0, 0.1) is 6.08 Å². The Kier molecular flexibility index (Phi) is 12.9. The van der Waals surface area contributed by atoms with Crippen LogP contribution in [0.5, 0.6) is 0 Å². The van der Waals surface area contributed by atoms with Crippen molar-refractivity contribution in [2.24, 2.45) is 0 Å². The number of hydrogen-bond acceptors (Lipinski definition) is 0. The molecule has 6 rings (SSSR count). The summed E-state index contributed by atoms with van der Waals surface area (Å²) < 4.78 is 1.42. The fourth-order valence-corrected chi connectivity index (χ4v) is 4.78. The van der Waals surface area contributed by atoms with Gasteiger partial charge in [-0.25, -0.2) is 11.6 Å². The maximum atomic E-state index is 3.11. The van der Waals surface area contributed by atoms with Crippen molar-refractivity contribution in [2.75, 3.05) is 0 Å². The van der Waals surface area contributed by atoms with Gasteiger partial charge < -0.3 is 0 Å². The molecule has 0 spiro atoms. The van der Waals surface area contributed by atoms with Gasteiger partial charge in [0.2, 0.25) is 0 Å². The quantitative estimate of drug-likeness (QED) is 0.184. The largest absolute Gasteiger partial charge is 0.126 e. The van der Waals surface area contributed by atoms with Crippen LogP contribution >= 0.6 is 24.8 Å². The van der Waals surface area contributed by atoms with Crippen LogP contribution in [-0.4, -0.2) is 3.21 Å². The van der Waals surface area contributed by atoms with Gasteiger partial charge in [0.15, 0.2) is 0 Å². The Morgan fingerprint density at radius 2 is 1.14 bits per heavy atom. The smallest absolute Gasteiger partial charge is 0.0771 e. The first kappa shape index (κ1) is 29.8. The Bertz CT molecular complexity index is 1320. The van der Waals surface area contributed by atoms with E-state index in [0.29, 0.717) is 0 Å². The molecule has 0 amide bonds. The molecule has 0 atom stereocenters. The number of fused-ring (bicyclic) bond motifs is 3. The van der Waals surface area contributed by atoms with Crippen molar-refractivity contribution < 1.29 is 24.2 Å². The van der Waals surface area contributed by atoms with E-state index in [4.69, 9.17) is 0 Å². The molecule has 5 aromatic rings. The number of benzene rings is 4. The minimum absolute atomic E-state index is 0. The van der Waals surface area contributed by atoms with Crippen molar-refractivity contribution in [1.82, 2.24) is 0 Å². The van der Waals surface area contributed by atoms with Crippen LogP contribution in [-0.2, 0) is 24.2 Å². The summed E-state index contributed by atoms with van der Waals surface area (Å²) in [5, 5.41) is 5.39. The van der Waals surface area contributed by atoms with Crippen LogP contribution in [0.4, 0.5) is 0 Å². The molecule has 5 aromatic carbocycles. The third kappa shape index (κ3) is 8.04. The monoisotopic (exact) mass is 586 g/mol. The van der Waals surface area contributed by atoms with Crippen molar-refractivity contribution in [1.29, 1.82) is 0 Å². The fourth-order valence-electron chi connectivity index (χ4n) is 3.97. The van der Waals surface area contributed by atoms with Gasteiger partial charge in [-0.15, -0.1) is 71.0 Å². The first-order valence-corrected chi connectivity index (χ1v) is 13.0. The number of allylic oxidation sites excluding steroid dienone is 4. The summed E-state index contributed by atoms with van der Waals surface area (Å²) in [6.07, 6.45) is 9.57. The van der Waals surface area contributed by atoms with Crippen molar-refractivity contribution in [3.05, 3.63) is 150 Å². The predicted octanol–water partition coefficient (Wildman–Crippen LogP) is 9.44. The van der Waals surface area contributed by atoms with E-state index in [0.717, 1.165) is 12.8 Å². The second-order valence-corrected chi connectivity index (χ2v) is 9.34. The standard InChI is InChI=1S/C13H9.C13H10.C7H9.2ClH.Zr/c1-3-7-12-10(5-1)9-11-6-2-4-8-13(11)12;1-3-7-12(8-4-1)11-13-9-5-2-6-10-13;1-2-7-5-3-4-6-7;;;/h1-9H;1-10H;5-6H,2-3H2,1H3;2*1H;/q-1;;-1;;;+2. The minimum Gasteiger partial charge on any atom is -0.126 e. The van der Waals surface area contributed by atoms with E-state index in [-0.39, 0.29) is 24.8 Å². The van der Waals surface area contributed by atoms with Crippen molar-refractivity contribution >= 4 is 49.6 Å². The van der Waals surface area contributed by atoms with Gasteiger partial charge in [-0.1, -0.05) is 49.7 Å². The van der Waals surface area contributed by atoms with Gasteiger partial charge in [0, 0.05) is 0 Å². The predicted molar refractivity (Wildman–Crippen MR) is 158 cm³/mol. The summed E-state index contributed by atoms with van der Waals surface area (Å²) in [5.41, 5.74) is 4.09. The SMILES string of the molecule is CCC1=CC[C-]=C1.Cl.Cl.[Zr+2]=[C](c1ccccc1)c1ccccc1.c1ccc2c(c1)[cH-]c1ccccc12. The molecule has 3 heteroatoms. The van der Waals surface area contributed by atoms with E-state index in [1.807, 2.05) is 0 Å². The molecular weight excluding hydrogens is 558 g/mol. The normalized spacial score (nSPS) is 11.2. The molecule has 0 radical (unpaired) electrons. The summed E-state index contributed by atoms with van der Waals surface area (Å²) in [6.45, 7) is 2.16. The Morgan fingerprint density at radius 1 is 0.694 bits per heavy atom. The summed E-state index contributed by atoms with van der Waals surface area (Å²) in [7, 11) is 0. The molecule has 1 aliphatic rings. The molecule has 36 heavy (non-hydrogen) atoms. The topological polar surface area (TPSA) is 0 Å². The van der Waals surface area contributed by atoms with Gasteiger partial charge in [0.05, 0.1) is 0 Å². The van der Waals surface area contributed by atoms with E-state index in [1.54, 1.807) is 0 Å². The van der Waals surface area contributed by atoms with Gasteiger partial charge in [-0.2, -0.15) is 6.08 Å². The summed E-state index contributed by atoms with van der Waals surface area (Å²) in [6, 6.07) is 40.4. The Balaban J connectivity index is 0.000000194. The number of hydrogen-bond donors (Lipinski definition) is 0. The Hall–Kier alpha value is -2.44. The molecule has 1 aliphatic carbocycles. The van der Waals surface area contributed by atoms with E-state index in [2.05, 4.69) is 140 Å². The molecule has 0 unspecified atom stereocenters. The first-order valence-electron chi connectivity index (χ1n) is 11.7. The molecular formula is C33H30Cl2Zr. The summed E-state index contributed by atoms with van der Waals surface area (Å²) in [5.74, 6) is 0. The zero-order chi connectivity index (χ0) is 23.6. The van der Waals surface area contributed by atoms with Crippen LogP contribution in [0.2, 0.25) is 0 Å². The number of rotatable bonds is 3. The molecule has 0 aliphatic heterocycles. The van der Waals surface area contributed by atoms with Crippen molar-refractivity contribution in [3.8, 4) is 0 Å². The van der Waals surface area contributed by atoms with Gasteiger partial charge in [-0.3, -0.25) is 6.08 Å². The van der Waals surface area contributed by atoms with Gasteiger partial charge >= 0.3 is 99.2 Å². The van der Waals surface area contributed by atoms with Gasteiger partial charge in [0.1, 0.15) is 0 Å². The maximum Gasteiger partial charge on any atom is -0.0771 e. The fraction of sp³-hybridized carbons (Fsp3) is 0.0909. The molecule has 0 fully saturated rings. The van der Waals surface area contributed by atoms with Gasteiger partial charge in [0.25, 0.3) is 0 Å². The molecule has 0 nitrogen and oxygen atoms in total. The van der Waals surface area contributed by atoms with Crippen molar-refractivity contribution in [2.45, 2.75) is 19.8 Å². The van der Waals surface area contributed by atoms with Crippen molar-refractivity contribution in [3.63, 3.8) is 0 Å². The van der Waals surface area contributed by atoms with E-state index in [1.165, 1.54) is 65.7 Å². The van der Waals surface area contributed by atoms with Crippen LogP contribution in [0.3, 0.4) is 0 Å². The molecule has 180 valence electrons. The maximum absolute atomic E-state index is 3.11. The molecule has 0 saturated carbocycles. The second-order valence-electron chi connectivity index (χ2n) is 8.11. The van der Waals surface area contributed by atoms with Gasteiger partial charge in [-0.05, 0) is 0 Å². The third-order valence-corrected chi connectivity index (χ3v) is 7.24. The van der Waals surface area contributed by atoms with E-state index in [9.17, 15) is 0 Å². The van der Waals surface area contributed by atoms with Crippen LogP contribution in [0.1, 0.15) is 30.9 Å². The first-order chi connectivity index (χ1) is 16.8. The van der Waals surface area contributed by atoms with Crippen LogP contribution in [0.25, 0.3) is 21.5 Å². The summed E-state index contributed by atoms with van der Waals surface area (Å²) >= 11 is 1.46. The molecule has 0 N–H and O–H groups in total. The molecule has 0 aromatic heterocycles. The zero-order valence-corrected chi connectivity index (χ0v) is 24.4. The van der Waals surface area contributed by atoms with Crippen LogP contribution in [0.15, 0.2) is 133 Å². The third-order valence-electron chi connectivity index (χ3n) is 5.83.